The molecule has 0 amide bonds. The summed E-state index contributed by atoms with van der Waals surface area (Å²) < 4.78 is 20.9. The number of carboxylic acid groups (broad SMARTS) is 1. The number of thiazole rings is 1. The monoisotopic (exact) mass is 496 g/mol. The minimum atomic E-state index is -0.870. The fourth-order valence-corrected chi connectivity index (χ4v) is 3.98. The molecule has 0 aliphatic rings. The molecule has 0 radical (unpaired) electrons. The smallest absolute Gasteiger partial charge is 0.310 e. The van der Waals surface area contributed by atoms with Crippen LogP contribution in [0.5, 0.6) is 5.88 Å². The van der Waals surface area contributed by atoms with E-state index in [1.54, 1.807) is 18.2 Å². The van der Waals surface area contributed by atoms with Crippen LogP contribution in [0, 0.1) is 11.2 Å². The topological polar surface area (TPSA) is 117 Å². The van der Waals surface area contributed by atoms with E-state index in [4.69, 9.17) is 14.9 Å². The van der Waals surface area contributed by atoms with Crippen LogP contribution in [-0.2, 0) is 11.3 Å². The van der Waals surface area contributed by atoms with Crippen LogP contribution in [0.25, 0.3) is 11.3 Å². The largest absolute Gasteiger partial charge is 0.493 e. The quantitative estimate of drug-likeness (QED) is 0.289. The van der Waals surface area contributed by atoms with Gasteiger partial charge in [-0.25, -0.2) is 4.39 Å². The number of nitrogens with zero attached hydrogens (tertiary/aromatic N) is 1. The molecule has 158 valence electrons. The third-order valence-electron chi connectivity index (χ3n) is 4.42. The zero-order valence-electron chi connectivity index (χ0n) is 15.7. The number of aliphatic carboxylic acids is 1. The summed E-state index contributed by atoms with van der Waals surface area (Å²) in [7, 11) is 0. The van der Waals surface area contributed by atoms with Crippen molar-refractivity contribution in [2.24, 2.45) is 0 Å². The van der Waals surface area contributed by atoms with Gasteiger partial charge in [-0.3, -0.25) is 19.6 Å². The molecule has 1 aromatic carbocycles. The maximum absolute atomic E-state index is 13.8. The summed E-state index contributed by atoms with van der Waals surface area (Å²) in [5, 5.41) is 27.4. The van der Waals surface area contributed by atoms with Crippen LogP contribution in [0.15, 0.2) is 44.0 Å². The normalized spacial score (nSPS) is 11.0. The van der Waals surface area contributed by atoms with Gasteiger partial charge in [-0.2, -0.15) is 0 Å². The molecule has 0 fully saturated rings. The molecule has 0 atom stereocenters. The molecule has 0 spiro atoms. The van der Waals surface area contributed by atoms with Crippen molar-refractivity contribution >= 4 is 38.9 Å². The second-order valence-electron chi connectivity index (χ2n) is 6.54. The molecule has 0 aliphatic carbocycles. The van der Waals surface area contributed by atoms with Gasteiger partial charge >= 0.3 is 10.8 Å². The van der Waals surface area contributed by atoms with E-state index >= 15 is 0 Å². The Bertz CT molecular complexity index is 1150. The predicted octanol–water partition coefficient (Wildman–Crippen LogP) is 4.84. The van der Waals surface area contributed by atoms with Gasteiger partial charge < -0.3 is 14.6 Å². The van der Waals surface area contributed by atoms with Crippen molar-refractivity contribution in [3.05, 3.63) is 60.9 Å². The summed E-state index contributed by atoms with van der Waals surface area (Å²) in [5.41, 5.74) is 0.342. The van der Waals surface area contributed by atoms with Crippen molar-refractivity contribution in [1.29, 1.82) is 5.41 Å². The average molecular weight is 497 g/mol. The van der Waals surface area contributed by atoms with Gasteiger partial charge in [0.1, 0.15) is 22.2 Å². The zero-order valence-corrected chi connectivity index (χ0v) is 18.1. The van der Waals surface area contributed by atoms with Crippen LogP contribution in [0.2, 0.25) is 0 Å². The van der Waals surface area contributed by atoms with Crippen LogP contribution in [-0.4, -0.2) is 26.5 Å². The van der Waals surface area contributed by atoms with Gasteiger partial charge in [0.25, 0.3) is 0 Å². The Balaban J connectivity index is 1.74. The standard InChI is InChI=1S/C20H18BrFN2O5S/c21-12-6-5-11(10-13(12)22)14-7-8-15(29-14)17(23)18-19(27)24(20(28)30-18)9-3-1-2-4-16(25)26/h5-8,10,23,27H,1-4,9H2,(H,25,26). The molecule has 30 heavy (non-hydrogen) atoms. The fourth-order valence-electron chi connectivity index (χ4n) is 2.87. The lowest BCUT2D eigenvalue weighted by Crippen LogP contribution is -2.12. The van der Waals surface area contributed by atoms with Crippen LogP contribution < -0.4 is 4.87 Å². The third kappa shape index (κ3) is 4.88. The number of aromatic nitrogens is 1. The first kappa shape index (κ1) is 22.0. The lowest BCUT2D eigenvalue weighted by atomic mass is 10.2. The minimum absolute atomic E-state index is 0.0590. The van der Waals surface area contributed by atoms with Crippen molar-refractivity contribution in [2.75, 3.05) is 0 Å². The number of carboxylic acids is 1. The Morgan fingerprint density at radius 1 is 1.23 bits per heavy atom. The van der Waals surface area contributed by atoms with E-state index in [2.05, 4.69) is 15.9 Å². The Morgan fingerprint density at radius 2 is 2.00 bits per heavy atom. The number of nitrogens with one attached hydrogen (secondary N) is 1. The molecule has 3 aromatic rings. The summed E-state index contributed by atoms with van der Waals surface area (Å²) in [4.78, 5) is 22.4. The maximum Gasteiger partial charge on any atom is 0.310 e. The summed E-state index contributed by atoms with van der Waals surface area (Å²) in [5.74, 6) is -1.15. The summed E-state index contributed by atoms with van der Waals surface area (Å²) in [6, 6.07) is 7.62. The number of carbonyl (C=O) groups is 1. The Labute approximate surface area is 183 Å². The van der Waals surface area contributed by atoms with E-state index in [-0.39, 0.29) is 35.2 Å². The van der Waals surface area contributed by atoms with E-state index in [0.29, 0.717) is 35.1 Å². The highest BCUT2D eigenvalue weighted by molar-refractivity contribution is 9.10. The number of benzene rings is 1. The first-order valence-corrected chi connectivity index (χ1v) is 10.7. The van der Waals surface area contributed by atoms with E-state index in [0.717, 1.165) is 11.3 Å². The fraction of sp³-hybridized carbons (Fsp3) is 0.250. The molecular weight excluding hydrogens is 479 g/mol. The molecule has 0 unspecified atom stereocenters. The van der Waals surface area contributed by atoms with Gasteiger partial charge in [0, 0.05) is 18.5 Å². The number of unbranched alkanes of at least 4 members (excludes halogenated alkanes) is 2. The predicted molar refractivity (Wildman–Crippen MR) is 114 cm³/mol. The molecule has 0 saturated carbocycles. The van der Waals surface area contributed by atoms with Crippen molar-refractivity contribution in [3.63, 3.8) is 0 Å². The number of halogens is 2. The van der Waals surface area contributed by atoms with Crippen molar-refractivity contribution in [2.45, 2.75) is 32.2 Å². The Kier molecular flexibility index (Phi) is 6.88. The van der Waals surface area contributed by atoms with Crippen molar-refractivity contribution in [3.8, 4) is 17.2 Å². The second kappa shape index (κ2) is 9.40. The lowest BCUT2D eigenvalue weighted by molar-refractivity contribution is -0.137. The molecular formula is C20H18BrFN2O5S. The van der Waals surface area contributed by atoms with Crippen LogP contribution in [0.3, 0.4) is 0 Å². The van der Waals surface area contributed by atoms with E-state index in [1.807, 2.05) is 0 Å². The van der Waals surface area contributed by atoms with Crippen molar-refractivity contribution < 1.29 is 23.8 Å². The van der Waals surface area contributed by atoms with Crippen LogP contribution >= 0.6 is 27.3 Å². The summed E-state index contributed by atoms with van der Waals surface area (Å²) in [6.45, 7) is 0.232. The number of furan rings is 1. The lowest BCUT2D eigenvalue weighted by Gasteiger charge is -2.04. The molecule has 0 saturated heterocycles. The number of aromatic hydroxyl groups is 1. The molecule has 7 nitrogen and oxygen atoms in total. The molecule has 3 rings (SSSR count). The van der Waals surface area contributed by atoms with Crippen molar-refractivity contribution in [1.82, 2.24) is 4.57 Å². The second-order valence-corrected chi connectivity index (χ2v) is 8.36. The van der Waals surface area contributed by atoms with E-state index in [1.165, 1.54) is 16.7 Å². The highest BCUT2D eigenvalue weighted by Crippen LogP contribution is 2.29. The molecule has 2 heterocycles. The minimum Gasteiger partial charge on any atom is -0.493 e. The molecule has 0 aliphatic heterocycles. The Morgan fingerprint density at radius 3 is 2.70 bits per heavy atom. The number of hydrogen-bond acceptors (Lipinski definition) is 6. The zero-order chi connectivity index (χ0) is 21.8. The highest BCUT2D eigenvalue weighted by atomic mass is 79.9. The first-order valence-electron chi connectivity index (χ1n) is 9.07. The van der Waals surface area contributed by atoms with E-state index < -0.39 is 16.7 Å². The Hall–Kier alpha value is -2.72. The van der Waals surface area contributed by atoms with Gasteiger partial charge in [-0.1, -0.05) is 17.8 Å². The van der Waals surface area contributed by atoms with Gasteiger partial charge in [0.15, 0.2) is 5.76 Å². The third-order valence-corrected chi connectivity index (χ3v) is 6.05. The molecule has 2 aromatic heterocycles. The summed E-state index contributed by atoms with van der Waals surface area (Å²) in [6.07, 6.45) is 1.68. The summed E-state index contributed by atoms with van der Waals surface area (Å²) >= 11 is 3.82. The average Bonchev–Trinajstić information content (AvgIpc) is 3.29. The van der Waals surface area contributed by atoms with Crippen LogP contribution in [0.4, 0.5) is 4.39 Å². The number of rotatable bonds is 9. The van der Waals surface area contributed by atoms with E-state index in [9.17, 15) is 19.1 Å². The molecule has 10 heteroatoms. The highest BCUT2D eigenvalue weighted by Gasteiger charge is 2.21. The maximum atomic E-state index is 13.8. The van der Waals surface area contributed by atoms with Crippen LogP contribution in [0.1, 0.15) is 36.3 Å². The van der Waals surface area contributed by atoms with Gasteiger partial charge in [0.2, 0.25) is 5.88 Å². The number of hydrogen-bond donors (Lipinski definition) is 3. The molecule has 0 bridgehead atoms. The SMILES string of the molecule is N=C(c1ccc(-c2ccc(Br)c(F)c2)o1)c1sc(=O)n(CCCCCC(=O)O)c1O. The van der Waals surface area contributed by atoms with Gasteiger partial charge in [-0.05, 0) is 59.1 Å². The molecule has 3 N–H and O–H groups in total. The van der Waals surface area contributed by atoms with Gasteiger partial charge in [0.05, 0.1) is 4.47 Å². The van der Waals surface area contributed by atoms with Gasteiger partial charge in [-0.15, -0.1) is 0 Å². The first-order chi connectivity index (χ1) is 14.3.